The summed E-state index contributed by atoms with van der Waals surface area (Å²) in [5, 5.41) is 3.01. The first-order valence-corrected chi connectivity index (χ1v) is 13.2. The van der Waals surface area contributed by atoms with Gasteiger partial charge in [-0.05, 0) is 59.0 Å². The molecular formula is C33H28FN5. The van der Waals surface area contributed by atoms with Gasteiger partial charge in [0.1, 0.15) is 17.2 Å². The Morgan fingerprint density at radius 2 is 1.82 bits per heavy atom. The van der Waals surface area contributed by atoms with E-state index in [-0.39, 0.29) is 5.82 Å². The van der Waals surface area contributed by atoms with E-state index in [0.29, 0.717) is 17.7 Å². The van der Waals surface area contributed by atoms with Crippen molar-refractivity contribution in [1.82, 2.24) is 15.0 Å². The van der Waals surface area contributed by atoms with E-state index in [1.165, 1.54) is 5.56 Å². The summed E-state index contributed by atoms with van der Waals surface area (Å²) in [5.74, 6) is 0.797. The number of pyridine rings is 1. The number of hydrazine groups is 1. The number of rotatable bonds is 6. The lowest BCUT2D eigenvalue weighted by atomic mass is 9.98. The van der Waals surface area contributed by atoms with Crippen molar-refractivity contribution in [3.05, 3.63) is 131 Å². The Morgan fingerprint density at radius 1 is 0.974 bits per heavy atom. The maximum absolute atomic E-state index is 15.5. The molecule has 0 unspecified atom stereocenters. The molecule has 0 aliphatic carbocycles. The lowest BCUT2D eigenvalue weighted by molar-refractivity contribution is 0.611. The van der Waals surface area contributed by atoms with Crippen LogP contribution in [0.5, 0.6) is 0 Å². The van der Waals surface area contributed by atoms with Gasteiger partial charge in [0, 0.05) is 47.9 Å². The standard InChI is InChI=1S/C33H28FN5/c1-4-21-10-13-29-26(16-21)20(2)31-33(38(29)3)39(31)37-25-12-11-23(28(34)18-25)17-24-14-15-35-32-30(24)27(19-36-32)22-8-6-5-7-9-22/h5-16,18-19,37H,2,4,17H2,1,3H3,(H,35,36). The molecule has 0 atom stereocenters. The fourth-order valence-electron chi connectivity index (χ4n) is 5.63. The van der Waals surface area contributed by atoms with E-state index in [1.54, 1.807) is 12.3 Å². The van der Waals surface area contributed by atoms with Gasteiger partial charge in [0.2, 0.25) is 0 Å². The molecule has 2 aromatic heterocycles. The maximum Gasteiger partial charge on any atom is 0.159 e. The molecule has 0 bridgehead atoms. The number of benzene rings is 3. The van der Waals surface area contributed by atoms with Crippen molar-refractivity contribution >= 4 is 28.0 Å². The molecule has 3 aromatic carbocycles. The molecule has 6 heteroatoms. The van der Waals surface area contributed by atoms with Crippen molar-refractivity contribution in [2.75, 3.05) is 17.4 Å². The minimum atomic E-state index is -0.246. The molecule has 0 fully saturated rings. The van der Waals surface area contributed by atoms with E-state index in [2.05, 4.69) is 71.2 Å². The fourth-order valence-corrected chi connectivity index (χ4v) is 5.63. The van der Waals surface area contributed by atoms with Crippen LogP contribution < -0.4 is 10.3 Å². The van der Waals surface area contributed by atoms with Crippen molar-refractivity contribution < 1.29 is 4.39 Å². The number of nitrogens with zero attached hydrogens (tertiary/aromatic N) is 3. The third kappa shape index (κ3) is 3.79. The van der Waals surface area contributed by atoms with Crippen LogP contribution in [0.3, 0.4) is 0 Å². The number of halogens is 1. The summed E-state index contributed by atoms with van der Waals surface area (Å²) in [5.41, 5.74) is 14.3. The first-order valence-electron chi connectivity index (χ1n) is 13.2. The van der Waals surface area contributed by atoms with Crippen LogP contribution in [-0.2, 0) is 12.8 Å². The van der Waals surface area contributed by atoms with Gasteiger partial charge in [-0.3, -0.25) is 5.43 Å². The van der Waals surface area contributed by atoms with E-state index in [9.17, 15) is 0 Å². The number of allylic oxidation sites excluding steroid dienone is 1. The highest BCUT2D eigenvalue weighted by atomic mass is 19.1. The first kappa shape index (κ1) is 23.3. The number of hydrogen-bond acceptors (Lipinski definition) is 4. The van der Waals surface area contributed by atoms with E-state index >= 15 is 4.39 Å². The molecule has 39 heavy (non-hydrogen) atoms. The molecule has 192 valence electrons. The predicted octanol–water partition coefficient (Wildman–Crippen LogP) is 7.50. The highest BCUT2D eigenvalue weighted by molar-refractivity contribution is 5.96. The number of fused-ring (bicyclic) bond motifs is 2. The smallest absolute Gasteiger partial charge is 0.159 e. The Bertz CT molecular complexity index is 1800. The molecule has 2 N–H and O–H groups in total. The summed E-state index contributed by atoms with van der Waals surface area (Å²) in [6.45, 7) is 6.52. The quantitative estimate of drug-likeness (QED) is 0.247. The minimum absolute atomic E-state index is 0.246. The summed E-state index contributed by atoms with van der Waals surface area (Å²) in [6.07, 6.45) is 5.20. The van der Waals surface area contributed by atoms with Gasteiger partial charge in [-0.2, -0.15) is 0 Å². The topological polar surface area (TPSA) is 47.0 Å². The molecule has 0 amide bonds. The Balaban J connectivity index is 1.13. The second-order valence-corrected chi connectivity index (χ2v) is 10.1. The zero-order valence-electron chi connectivity index (χ0n) is 21.9. The molecule has 4 heterocycles. The zero-order chi connectivity index (χ0) is 26.7. The molecule has 5 aromatic rings. The fraction of sp³-hybridized carbons (Fsp3) is 0.121. The Hall–Kier alpha value is -4.84. The van der Waals surface area contributed by atoms with Gasteiger partial charge < -0.3 is 9.88 Å². The third-order valence-corrected chi connectivity index (χ3v) is 7.78. The second-order valence-electron chi connectivity index (χ2n) is 10.1. The molecule has 7 rings (SSSR count). The van der Waals surface area contributed by atoms with Gasteiger partial charge in [-0.25, -0.2) is 14.4 Å². The van der Waals surface area contributed by atoms with Crippen LogP contribution in [0.15, 0.2) is 103 Å². The second kappa shape index (κ2) is 8.88. The van der Waals surface area contributed by atoms with Gasteiger partial charge in [0.15, 0.2) is 5.82 Å². The summed E-state index contributed by atoms with van der Waals surface area (Å²) >= 11 is 0. The van der Waals surface area contributed by atoms with Crippen LogP contribution in [0.4, 0.5) is 15.8 Å². The molecule has 0 saturated heterocycles. The number of aromatic nitrogens is 2. The van der Waals surface area contributed by atoms with Crippen LogP contribution in [-0.4, -0.2) is 22.0 Å². The van der Waals surface area contributed by atoms with Gasteiger partial charge in [-0.1, -0.05) is 56.0 Å². The number of nitrogens with one attached hydrogen (secondary N) is 2. The van der Waals surface area contributed by atoms with Crippen LogP contribution in [0.2, 0.25) is 0 Å². The van der Waals surface area contributed by atoms with E-state index in [0.717, 1.165) is 62.5 Å². The summed E-state index contributed by atoms with van der Waals surface area (Å²) in [7, 11) is 2.05. The van der Waals surface area contributed by atoms with Crippen LogP contribution in [0, 0.1) is 5.82 Å². The van der Waals surface area contributed by atoms with Gasteiger partial charge >= 0.3 is 0 Å². The Morgan fingerprint density at radius 3 is 2.62 bits per heavy atom. The Labute approximate surface area is 226 Å². The highest BCUT2D eigenvalue weighted by Crippen LogP contribution is 2.51. The predicted molar refractivity (Wildman–Crippen MR) is 156 cm³/mol. The average Bonchev–Trinajstić information content (AvgIpc) is 3.50. The third-order valence-electron chi connectivity index (χ3n) is 7.78. The molecule has 0 saturated carbocycles. The normalized spacial score (nSPS) is 14.1. The number of aryl methyl sites for hydroxylation is 1. The van der Waals surface area contributed by atoms with E-state index < -0.39 is 0 Å². The molecular weight excluding hydrogens is 485 g/mol. The zero-order valence-corrected chi connectivity index (χ0v) is 21.9. The number of anilines is 2. The van der Waals surface area contributed by atoms with E-state index in [4.69, 9.17) is 0 Å². The summed E-state index contributed by atoms with van der Waals surface area (Å²) in [4.78, 5) is 9.93. The maximum atomic E-state index is 15.5. The Kier molecular flexibility index (Phi) is 5.30. The van der Waals surface area contributed by atoms with Crippen molar-refractivity contribution in [3.63, 3.8) is 0 Å². The average molecular weight is 514 g/mol. The molecule has 0 spiro atoms. The van der Waals surface area contributed by atoms with Crippen LogP contribution >= 0.6 is 0 Å². The van der Waals surface area contributed by atoms with Crippen molar-refractivity contribution in [3.8, 4) is 11.1 Å². The first-order chi connectivity index (χ1) is 19.0. The largest absolute Gasteiger partial charge is 0.346 e. The van der Waals surface area contributed by atoms with Crippen LogP contribution in [0.25, 0.3) is 27.7 Å². The molecule has 5 nitrogen and oxygen atoms in total. The van der Waals surface area contributed by atoms with Gasteiger partial charge in [0.25, 0.3) is 0 Å². The number of H-pyrrole nitrogens is 1. The lowest BCUT2D eigenvalue weighted by Gasteiger charge is -2.22. The van der Waals surface area contributed by atoms with Gasteiger partial charge in [-0.15, -0.1) is 0 Å². The molecule has 0 radical (unpaired) electrons. The van der Waals surface area contributed by atoms with Crippen molar-refractivity contribution in [1.29, 1.82) is 0 Å². The lowest BCUT2D eigenvalue weighted by Crippen LogP contribution is -2.20. The van der Waals surface area contributed by atoms with Crippen molar-refractivity contribution in [2.24, 2.45) is 0 Å². The van der Waals surface area contributed by atoms with Crippen molar-refractivity contribution in [2.45, 2.75) is 19.8 Å². The monoisotopic (exact) mass is 513 g/mol. The number of aromatic amines is 1. The molecule has 2 aliphatic rings. The minimum Gasteiger partial charge on any atom is -0.346 e. The summed E-state index contributed by atoms with van der Waals surface area (Å²) in [6, 6.07) is 24.1. The molecule has 2 aliphatic heterocycles. The van der Waals surface area contributed by atoms with E-state index in [1.807, 2.05) is 47.6 Å². The number of hydrogen-bond donors (Lipinski definition) is 2. The van der Waals surface area contributed by atoms with Crippen LogP contribution in [0.1, 0.15) is 29.2 Å². The SMILES string of the molecule is C=C1C2=C(N2Nc2ccc(Cc3ccnc4[nH]cc(-c5ccccc5)c34)c(F)c2)N(C)c2ccc(CC)cc21. The van der Waals surface area contributed by atoms with Gasteiger partial charge in [0.05, 0.1) is 11.4 Å². The summed E-state index contributed by atoms with van der Waals surface area (Å²) < 4.78 is 15.5. The highest BCUT2D eigenvalue weighted by Gasteiger charge is 2.44.